The summed E-state index contributed by atoms with van der Waals surface area (Å²) in [5.74, 6) is 1.95. The molecule has 0 radical (unpaired) electrons. The number of alkyl halides is 3. The van der Waals surface area contributed by atoms with Gasteiger partial charge in [-0.15, -0.1) is 0 Å². The monoisotopic (exact) mass is 558 g/mol. The Kier molecular flexibility index (Phi) is 8.54. The SMILES string of the molecule is CN(C)CCCN1CCN(c2cc(-c3ccc(Sc4ccc5c(c4)OCCO5)c(C(F)(F)F)c3)ccn2)CC1. The van der Waals surface area contributed by atoms with Gasteiger partial charge in [-0.3, -0.25) is 4.90 Å². The lowest BCUT2D eigenvalue weighted by molar-refractivity contribution is -0.139. The molecule has 0 unspecified atom stereocenters. The Morgan fingerprint density at radius 1 is 0.897 bits per heavy atom. The fourth-order valence-electron chi connectivity index (χ4n) is 4.82. The Morgan fingerprint density at radius 3 is 2.38 bits per heavy atom. The highest BCUT2D eigenvalue weighted by molar-refractivity contribution is 7.99. The van der Waals surface area contributed by atoms with Gasteiger partial charge in [0.1, 0.15) is 19.0 Å². The Labute approximate surface area is 231 Å². The van der Waals surface area contributed by atoms with Crippen LogP contribution in [0.5, 0.6) is 11.5 Å². The van der Waals surface area contributed by atoms with E-state index in [2.05, 4.69) is 33.8 Å². The minimum absolute atomic E-state index is 0.141. The quantitative estimate of drug-likeness (QED) is 0.348. The molecule has 1 aromatic heterocycles. The van der Waals surface area contributed by atoms with Crippen molar-refractivity contribution >= 4 is 17.6 Å². The lowest BCUT2D eigenvalue weighted by atomic mass is 10.0. The average Bonchev–Trinajstić information content (AvgIpc) is 2.93. The van der Waals surface area contributed by atoms with Crippen LogP contribution in [0.25, 0.3) is 11.1 Å². The summed E-state index contributed by atoms with van der Waals surface area (Å²) in [6.07, 6.45) is -1.69. The molecule has 1 fully saturated rings. The largest absolute Gasteiger partial charge is 0.486 e. The molecule has 2 aliphatic heterocycles. The van der Waals surface area contributed by atoms with Gasteiger partial charge in [0, 0.05) is 42.2 Å². The number of hydrogen-bond donors (Lipinski definition) is 0. The van der Waals surface area contributed by atoms with E-state index in [0.717, 1.165) is 68.8 Å². The van der Waals surface area contributed by atoms with E-state index in [1.165, 1.54) is 6.07 Å². The molecule has 0 N–H and O–H groups in total. The zero-order chi connectivity index (χ0) is 27.4. The standard InChI is InChI=1S/C29H33F3N4O2S/c1-34(2)10-3-11-35-12-14-36(15-13-35)28-19-22(8-9-33-28)21-4-7-27(24(18-21)29(30,31)32)39-23-5-6-25-26(20-23)38-17-16-37-25/h4-9,18-20H,3,10-17H2,1-2H3. The number of rotatable bonds is 8. The molecule has 0 saturated carbocycles. The van der Waals surface area contributed by atoms with E-state index in [-0.39, 0.29) is 4.90 Å². The molecule has 39 heavy (non-hydrogen) atoms. The zero-order valence-electron chi connectivity index (χ0n) is 22.2. The van der Waals surface area contributed by atoms with Gasteiger partial charge in [0.2, 0.25) is 0 Å². The molecule has 0 aliphatic carbocycles. The van der Waals surface area contributed by atoms with Gasteiger partial charge in [0.05, 0.1) is 5.56 Å². The number of pyridine rings is 1. The summed E-state index contributed by atoms with van der Waals surface area (Å²) in [5.41, 5.74) is 0.569. The molecule has 0 atom stereocenters. The first-order chi connectivity index (χ1) is 18.8. The summed E-state index contributed by atoms with van der Waals surface area (Å²) >= 11 is 1.07. The number of piperazine rings is 1. The molecular formula is C29H33F3N4O2S. The van der Waals surface area contributed by atoms with Gasteiger partial charge < -0.3 is 19.3 Å². The molecule has 3 aromatic rings. The molecular weight excluding hydrogens is 525 g/mol. The molecule has 6 nitrogen and oxygen atoms in total. The molecule has 0 spiro atoms. The first kappa shape index (κ1) is 27.6. The van der Waals surface area contributed by atoms with Gasteiger partial charge >= 0.3 is 6.18 Å². The second kappa shape index (κ2) is 12.1. The molecule has 0 amide bonds. The predicted molar refractivity (Wildman–Crippen MR) is 148 cm³/mol. The summed E-state index contributed by atoms with van der Waals surface area (Å²) in [7, 11) is 4.17. The molecule has 5 rings (SSSR count). The number of aromatic nitrogens is 1. The van der Waals surface area contributed by atoms with E-state index in [9.17, 15) is 13.2 Å². The highest BCUT2D eigenvalue weighted by Crippen LogP contribution is 2.43. The molecule has 1 saturated heterocycles. The van der Waals surface area contributed by atoms with Crippen LogP contribution in [0, 0.1) is 0 Å². The Morgan fingerprint density at radius 2 is 1.64 bits per heavy atom. The van der Waals surface area contributed by atoms with Crippen LogP contribution in [-0.4, -0.2) is 81.4 Å². The van der Waals surface area contributed by atoms with Gasteiger partial charge in [-0.1, -0.05) is 17.8 Å². The van der Waals surface area contributed by atoms with Crippen molar-refractivity contribution in [1.82, 2.24) is 14.8 Å². The number of ether oxygens (including phenoxy) is 2. The minimum atomic E-state index is -4.50. The maximum Gasteiger partial charge on any atom is 0.417 e. The Hall–Kier alpha value is -2.95. The second-order valence-electron chi connectivity index (χ2n) is 10.0. The summed E-state index contributed by atoms with van der Waals surface area (Å²) in [4.78, 5) is 12.2. The third kappa shape index (κ3) is 6.98. The molecule has 0 bridgehead atoms. The summed E-state index contributed by atoms with van der Waals surface area (Å²) < 4.78 is 53.6. The van der Waals surface area contributed by atoms with Crippen molar-refractivity contribution in [3.05, 3.63) is 60.3 Å². The minimum Gasteiger partial charge on any atom is -0.486 e. The summed E-state index contributed by atoms with van der Waals surface area (Å²) in [6, 6.07) is 13.4. The smallest absolute Gasteiger partial charge is 0.417 e. The van der Waals surface area contributed by atoms with Crippen LogP contribution >= 0.6 is 11.8 Å². The van der Waals surface area contributed by atoms with Crippen molar-refractivity contribution < 1.29 is 22.6 Å². The van der Waals surface area contributed by atoms with E-state index in [1.807, 2.05) is 6.07 Å². The fourth-order valence-corrected chi connectivity index (χ4v) is 5.79. The van der Waals surface area contributed by atoms with Crippen molar-refractivity contribution in [2.24, 2.45) is 0 Å². The first-order valence-electron chi connectivity index (χ1n) is 13.1. The van der Waals surface area contributed by atoms with Gasteiger partial charge in [-0.25, -0.2) is 4.98 Å². The van der Waals surface area contributed by atoms with E-state index in [0.29, 0.717) is 35.2 Å². The van der Waals surface area contributed by atoms with Crippen molar-refractivity contribution in [2.45, 2.75) is 22.4 Å². The fraction of sp³-hybridized carbons (Fsp3) is 0.414. The highest BCUT2D eigenvalue weighted by atomic mass is 32.2. The van der Waals surface area contributed by atoms with E-state index in [1.54, 1.807) is 42.6 Å². The first-order valence-corrected chi connectivity index (χ1v) is 13.9. The lowest BCUT2D eigenvalue weighted by Gasteiger charge is -2.35. The van der Waals surface area contributed by atoms with Crippen molar-refractivity contribution in [3.63, 3.8) is 0 Å². The molecule has 2 aromatic carbocycles. The second-order valence-corrected chi connectivity index (χ2v) is 11.1. The van der Waals surface area contributed by atoms with Crippen molar-refractivity contribution in [3.8, 4) is 22.6 Å². The zero-order valence-corrected chi connectivity index (χ0v) is 23.0. The van der Waals surface area contributed by atoms with Crippen LogP contribution in [0.4, 0.5) is 19.0 Å². The van der Waals surface area contributed by atoms with Crippen LogP contribution < -0.4 is 14.4 Å². The third-order valence-electron chi connectivity index (χ3n) is 6.88. The highest BCUT2D eigenvalue weighted by Gasteiger charge is 2.34. The van der Waals surface area contributed by atoms with Gasteiger partial charge in [0.25, 0.3) is 0 Å². The number of benzene rings is 2. The molecule has 208 valence electrons. The third-order valence-corrected chi connectivity index (χ3v) is 7.95. The number of anilines is 1. The van der Waals surface area contributed by atoms with E-state index >= 15 is 0 Å². The van der Waals surface area contributed by atoms with Gasteiger partial charge in [0.15, 0.2) is 11.5 Å². The van der Waals surface area contributed by atoms with Gasteiger partial charge in [-0.2, -0.15) is 13.2 Å². The number of fused-ring (bicyclic) bond motifs is 1. The summed E-state index contributed by atoms with van der Waals surface area (Å²) in [6.45, 7) is 6.60. The summed E-state index contributed by atoms with van der Waals surface area (Å²) in [5, 5.41) is 0. The molecule has 2 aliphatic rings. The van der Waals surface area contributed by atoms with Crippen molar-refractivity contribution in [1.29, 1.82) is 0 Å². The van der Waals surface area contributed by atoms with Gasteiger partial charge in [-0.05, 0) is 87.2 Å². The molecule has 10 heteroatoms. The van der Waals surface area contributed by atoms with E-state index < -0.39 is 11.7 Å². The van der Waals surface area contributed by atoms with Crippen LogP contribution in [0.2, 0.25) is 0 Å². The number of nitrogens with zero attached hydrogens (tertiary/aromatic N) is 4. The van der Waals surface area contributed by atoms with Crippen LogP contribution in [0.3, 0.4) is 0 Å². The maximum absolute atomic E-state index is 14.2. The maximum atomic E-state index is 14.2. The number of halogens is 3. The molecule has 3 heterocycles. The van der Waals surface area contributed by atoms with Crippen molar-refractivity contribution in [2.75, 3.05) is 71.5 Å². The number of hydrogen-bond acceptors (Lipinski definition) is 7. The topological polar surface area (TPSA) is 41.1 Å². The lowest BCUT2D eigenvalue weighted by Crippen LogP contribution is -2.47. The normalized spacial score (nSPS) is 16.1. The van der Waals surface area contributed by atoms with E-state index in [4.69, 9.17) is 9.47 Å². The van der Waals surface area contributed by atoms with Crippen LogP contribution in [0.15, 0.2) is 64.5 Å². The predicted octanol–water partition coefficient (Wildman–Crippen LogP) is 5.76. The Bertz CT molecular complexity index is 1280. The van der Waals surface area contributed by atoms with Crippen LogP contribution in [0.1, 0.15) is 12.0 Å². The average molecular weight is 559 g/mol. The Balaban J connectivity index is 1.31. The van der Waals surface area contributed by atoms with Crippen LogP contribution in [-0.2, 0) is 6.18 Å².